The second-order valence-electron chi connectivity index (χ2n) is 7.04. The fourth-order valence-corrected chi connectivity index (χ4v) is 3.86. The van der Waals surface area contributed by atoms with E-state index in [1.807, 2.05) is 42.5 Å². The SMILES string of the molecule is COc1ccccc1-c1nc2cc(Cl)ccc2cc1CN1CCC(O)CC1. The minimum absolute atomic E-state index is 0.174. The van der Waals surface area contributed by atoms with E-state index >= 15 is 0 Å². The maximum absolute atomic E-state index is 9.79. The van der Waals surface area contributed by atoms with Crippen LogP contribution in [0.2, 0.25) is 5.02 Å². The first-order valence-corrected chi connectivity index (χ1v) is 9.65. The van der Waals surface area contributed by atoms with Crippen molar-refractivity contribution in [2.24, 2.45) is 0 Å². The average molecular weight is 383 g/mol. The number of halogens is 1. The molecule has 3 aromatic rings. The first kappa shape index (κ1) is 18.2. The standard InChI is InChI=1S/C22H23ClN2O2/c1-27-21-5-3-2-4-19(21)22-16(14-25-10-8-18(26)9-11-25)12-15-6-7-17(23)13-20(15)24-22/h2-7,12-13,18,26H,8-11,14H2,1H3. The summed E-state index contributed by atoms with van der Waals surface area (Å²) in [6.07, 6.45) is 1.47. The molecule has 27 heavy (non-hydrogen) atoms. The number of likely N-dealkylation sites (tertiary alicyclic amines) is 1. The van der Waals surface area contributed by atoms with Gasteiger partial charge in [0.1, 0.15) is 5.75 Å². The molecule has 5 heteroatoms. The van der Waals surface area contributed by atoms with Crippen LogP contribution >= 0.6 is 11.6 Å². The number of hydrogen-bond acceptors (Lipinski definition) is 4. The molecular weight excluding hydrogens is 360 g/mol. The van der Waals surface area contributed by atoms with Gasteiger partial charge in [0.2, 0.25) is 0 Å². The van der Waals surface area contributed by atoms with Crippen molar-refractivity contribution in [3.63, 3.8) is 0 Å². The third-order valence-electron chi connectivity index (χ3n) is 5.17. The van der Waals surface area contributed by atoms with Gasteiger partial charge in [-0.2, -0.15) is 0 Å². The Morgan fingerprint density at radius 2 is 1.93 bits per heavy atom. The number of benzene rings is 2. The molecule has 4 rings (SSSR count). The number of pyridine rings is 1. The third kappa shape index (κ3) is 3.93. The Morgan fingerprint density at radius 3 is 2.70 bits per heavy atom. The monoisotopic (exact) mass is 382 g/mol. The number of aliphatic hydroxyl groups is 1. The lowest BCUT2D eigenvalue weighted by Gasteiger charge is -2.30. The fourth-order valence-electron chi connectivity index (χ4n) is 3.70. The van der Waals surface area contributed by atoms with Crippen LogP contribution in [0.25, 0.3) is 22.2 Å². The zero-order chi connectivity index (χ0) is 18.8. The van der Waals surface area contributed by atoms with Crippen LogP contribution in [0.15, 0.2) is 48.5 Å². The molecular formula is C22H23ClN2O2. The predicted octanol–water partition coefficient (Wildman–Crippen LogP) is 4.52. The van der Waals surface area contributed by atoms with Gasteiger partial charge < -0.3 is 9.84 Å². The van der Waals surface area contributed by atoms with Crippen molar-refractivity contribution < 1.29 is 9.84 Å². The smallest absolute Gasteiger partial charge is 0.128 e. The zero-order valence-electron chi connectivity index (χ0n) is 15.4. The second-order valence-corrected chi connectivity index (χ2v) is 7.48. The maximum atomic E-state index is 9.79. The molecule has 0 aliphatic carbocycles. The van der Waals surface area contributed by atoms with E-state index in [1.165, 1.54) is 0 Å². The number of para-hydroxylation sites is 1. The van der Waals surface area contributed by atoms with Gasteiger partial charge in [0.05, 0.1) is 24.4 Å². The summed E-state index contributed by atoms with van der Waals surface area (Å²) in [6.45, 7) is 2.59. The van der Waals surface area contributed by atoms with Gasteiger partial charge in [0, 0.05) is 35.6 Å². The number of hydrogen-bond donors (Lipinski definition) is 1. The Morgan fingerprint density at radius 1 is 1.15 bits per heavy atom. The molecule has 140 valence electrons. The summed E-state index contributed by atoms with van der Waals surface area (Å²) in [5.74, 6) is 0.807. The first-order valence-electron chi connectivity index (χ1n) is 9.27. The highest BCUT2D eigenvalue weighted by atomic mass is 35.5. The molecule has 0 radical (unpaired) electrons. The van der Waals surface area contributed by atoms with Crippen LogP contribution in [-0.4, -0.2) is 41.3 Å². The Labute approximate surface area is 164 Å². The van der Waals surface area contributed by atoms with Crippen LogP contribution in [-0.2, 0) is 6.54 Å². The zero-order valence-corrected chi connectivity index (χ0v) is 16.1. The topological polar surface area (TPSA) is 45.6 Å². The highest BCUT2D eigenvalue weighted by molar-refractivity contribution is 6.31. The van der Waals surface area contributed by atoms with Gasteiger partial charge in [-0.15, -0.1) is 0 Å². The molecule has 1 aliphatic heterocycles. The summed E-state index contributed by atoms with van der Waals surface area (Å²) in [4.78, 5) is 7.33. The molecule has 0 bridgehead atoms. The number of nitrogens with zero attached hydrogens (tertiary/aromatic N) is 2. The number of piperidine rings is 1. The second kappa shape index (κ2) is 7.85. The molecule has 1 fully saturated rings. The molecule has 0 amide bonds. The van der Waals surface area contributed by atoms with Gasteiger partial charge in [-0.05, 0) is 48.7 Å². The maximum Gasteiger partial charge on any atom is 0.128 e. The summed E-state index contributed by atoms with van der Waals surface area (Å²) in [5.41, 5.74) is 3.94. The van der Waals surface area contributed by atoms with E-state index in [0.29, 0.717) is 5.02 Å². The molecule has 4 nitrogen and oxygen atoms in total. The van der Waals surface area contributed by atoms with Crippen molar-refractivity contribution in [1.29, 1.82) is 0 Å². The van der Waals surface area contributed by atoms with Crippen molar-refractivity contribution >= 4 is 22.5 Å². The fraction of sp³-hybridized carbons (Fsp3) is 0.318. The number of ether oxygens (including phenoxy) is 1. The largest absolute Gasteiger partial charge is 0.496 e. The summed E-state index contributed by atoms with van der Waals surface area (Å²) in [6, 6.07) is 16.0. The molecule has 1 aliphatic rings. The average Bonchev–Trinajstić information content (AvgIpc) is 2.69. The van der Waals surface area contributed by atoms with Crippen molar-refractivity contribution in [2.75, 3.05) is 20.2 Å². The van der Waals surface area contributed by atoms with Gasteiger partial charge in [-0.25, -0.2) is 4.98 Å². The van der Waals surface area contributed by atoms with Gasteiger partial charge in [-0.1, -0.05) is 29.8 Å². The number of rotatable bonds is 4. The van der Waals surface area contributed by atoms with Crippen molar-refractivity contribution in [2.45, 2.75) is 25.5 Å². The molecule has 0 unspecified atom stereocenters. The molecule has 1 N–H and O–H groups in total. The number of fused-ring (bicyclic) bond motifs is 1. The van der Waals surface area contributed by atoms with Crippen LogP contribution in [0, 0.1) is 0 Å². The van der Waals surface area contributed by atoms with Crippen LogP contribution in [0.5, 0.6) is 5.75 Å². The molecule has 1 aromatic heterocycles. The van der Waals surface area contributed by atoms with Gasteiger partial charge in [0.25, 0.3) is 0 Å². The van der Waals surface area contributed by atoms with E-state index in [1.54, 1.807) is 7.11 Å². The Balaban J connectivity index is 1.81. The van der Waals surface area contributed by atoms with Crippen LogP contribution < -0.4 is 4.74 Å². The van der Waals surface area contributed by atoms with E-state index < -0.39 is 0 Å². The normalized spacial score (nSPS) is 16.0. The van der Waals surface area contributed by atoms with Crippen LogP contribution in [0.1, 0.15) is 18.4 Å². The molecule has 0 atom stereocenters. The number of methoxy groups -OCH3 is 1. The van der Waals surface area contributed by atoms with Crippen LogP contribution in [0.3, 0.4) is 0 Å². The third-order valence-corrected chi connectivity index (χ3v) is 5.41. The quantitative estimate of drug-likeness (QED) is 0.720. The number of aromatic nitrogens is 1. The summed E-state index contributed by atoms with van der Waals surface area (Å²) in [7, 11) is 1.68. The lowest BCUT2D eigenvalue weighted by molar-refractivity contribution is 0.0793. The van der Waals surface area contributed by atoms with E-state index in [4.69, 9.17) is 21.3 Å². The molecule has 0 saturated carbocycles. The minimum Gasteiger partial charge on any atom is -0.496 e. The summed E-state index contributed by atoms with van der Waals surface area (Å²) in [5, 5.41) is 11.5. The van der Waals surface area contributed by atoms with E-state index in [0.717, 1.165) is 65.9 Å². The molecule has 1 saturated heterocycles. The molecule has 2 aromatic carbocycles. The predicted molar refractivity (Wildman–Crippen MR) is 109 cm³/mol. The van der Waals surface area contributed by atoms with E-state index in [9.17, 15) is 5.11 Å². The van der Waals surface area contributed by atoms with E-state index in [-0.39, 0.29) is 6.10 Å². The Kier molecular flexibility index (Phi) is 5.30. The Bertz CT molecular complexity index is 952. The highest BCUT2D eigenvalue weighted by Gasteiger charge is 2.20. The van der Waals surface area contributed by atoms with Gasteiger partial charge >= 0.3 is 0 Å². The molecule has 2 heterocycles. The number of aliphatic hydroxyl groups excluding tert-OH is 1. The van der Waals surface area contributed by atoms with E-state index in [2.05, 4.69) is 11.0 Å². The first-order chi connectivity index (χ1) is 13.1. The highest BCUT2D eigenvalue weighted by Crippen LogP contribution is 2.34. The summed E-state index contributed by atoms with van der Waals surface area (Å²) < 4.78 is 5.58. The van der Waals surface area contributed by atoms with Gasteiger partial charge in [-0.3, -0.25) is 4.90 Å². The van der Waals surface area contributed by atoms with Crippen LogP contribution in [0.4, 0.5) is 0 Å². The summed E-state index contributed by atoms with van der Waals surface area (Å²) >= 11 is 6.19. The van der Waals surface area contributed by atoms with Gasteiger partial charge in [0.15, 0.2) is 0 Å². The van der Waals surface area contributed by atoms with Crippen molar-refractivity contribution in [1.82, 2.24) is 9.88 Å². The lowest BCUT2D eigenvalue weighted by atomic mass is 10.0. The van der Waals surface area contributed by atoms with Crippen molar-refractivity contribution in [3.8, 4) is 17.0 Å². The lowest BCUT2D eigenvalue weighted by Crippen LogP contribution is -2.35. The Hall–Kier alpha value is -2.14. The van der Waals surface area contributed by atoms with Crippen molar-refractivity contribution in [3.05, 3.63) is 59.1 Å². The minimum atomic E-state index is -0.174. The molecule has 0 spiro atoms.